The van der Waals surface area contributed by atoms with Crippen LogP contribution in [0.3, 0.4) is 0 Å². The SMILES string of the molecule is CCOC(=O)[C@@H](N=C(SC)SC)[C@@H](CC(=O)OC)c1ccccc1. The van der Waals surface area contributed by atoms with E-state index in [1.807, 2.05) is 42.8 Å². The van der Waals surface area contributed by atoms with Crippen LogP contribution in [-0.4, -0.2) is 48.6 Å². The van der Waals surface area contributed by atoms with E-state index in [2.05, 4.69) is 4.99 Å². The minimum absolute atomic E-state index is 0.0591. The Labute approximate surface area is 151 Å². The third kappa shape index (κ3) is 6.20. The van der Waals surface area contributed by atoms with Crippen LogP contribution in [0.25, 0.3) is 0 Å². The zero-order chi connectivity index (χ0) is 17.9. The average molecular weight is 370 g/mol. The van der Waals surface area contributed by atoms with Crippen molar-refractivity contribution in [3.8, 4) is 0 Å². The monoisotopic (exact) mass is 369 g/mol. The molecular formula is C17H23NO4S2. The number of thioether (sulfide) groups is 2. The largest absolute Gasteiger partial charge is 0.469 e. The molecular weight excluding hydrogens is 346 g/mol. The maximum Gasteiger partial charge on any atom is 0.331 e. The van der Waals surface area contributed by atoms with Gasteiger partial charge in [-0.1, -0.05) is 30.3 Å². The van der Waals surface area contributed by atoms with E-state index in [1.54, 1.807) is 6.92 Å². The van der Waals surface area contributed by atoms with Gasteiger partial charge in [0.25, 0.3) is 0 Å². The standard InChI is InChI=1S/C17H23NO4S2/c1-5-22-16(20)15(18-17(23-3)24-4)13(11-14(19)21-2)12-9-7-6-8-10-12/h6-10,13,15H,5,11H2,1-4H3/t13-,15-/m0/s1. The van der Waals surface area contributed by atoms with Crippen molar-refractivity contribution < 1.29 is 19.1 Å². The van der Waals surface area contributed by atoms with Gasteiger partial charge < -0.3 is 9.47 Å². The lowest BCUT2D eigenvalue weighted by molar-refractivity contribution is -0.146. The molecule has 5 nitrogen and oxygen atoms in total. The van der Waals surface area contributed by atoms with Crippen LogP contribution in [0, 0.1) is 0 Å². The Kier molecular flexibility index (Phi) is 9.56. The summed E-state index contributed by atoms with van der Waals surface area (Å²) in [6.45, 7) is 2.01. The Morgan fingerprint density at radius 1 is 1.17 bits per heavy atom. The third-order valence-corrected chi connectivity index (χ3v) is 5.25. The Hall–Kier alpha value is -1.47. The summed E-state index contributed by atoms with van der Waals surface area (Å²) in [5.41, 5.74) is 0.853. The number of carbonyl (C=O) groups is 2. The highest BCUT2D eigenvalue weighted by Gasteiger charge is 2.33. The van der Waals surface area contributed by atoms with Gasteiger partial charge in [-0.25, -0.2) is 4.79 Å². The molecule has 0 spiro atoms. The molecule has 132 valence electrons. The number of nitrogens with zero attached hydrogens (tertiary/aromatic N) is 1. The summed E-state index contributed by atoms with van der Waals surface area (Å²) >= 11 is 2.92. The second-order valence-electron chi connectivity index (χ2n) is 4.80. The van der Waals surface area contributed by atoms with Crippen molar-refractivity contribution in [1.29, 1.82) is 0 Å². The minimum atomic E-state index is -0.790. The average Bonchev–Trinajstić information content (AvgIpc) is 2.62. The fourth-order valence-electron chi connectivity index (χ4n) is 2.21. The first-order chi connectivity index (χ1) is 11.6. The number of benzene rings is 1. The summed E-state index contributed by atoms with van der Waals surface area (Å²) in [6, 6.07) is 8.60. The molecule has 24 heavy (non-hydrogen) atoms. The number of ether oxygens (including phenoxy) is 2. The zero-order valence-corrected chi connectivity index (χ0v) is 16.0. The van der Waals surface area contributed by atoms with E-state index >= 15 is 0 Å². The van der Waals surface area contributed by atoms with Crippen molar-refractivity contribution >= 4 is 39.8 Å². The summed E-state index contributed by atoms with van der Waals surface area (Å²) in [5.74, 6) is -1.26. The number of methoxy groups -OCH3 is 1. The number of esters is 2. The summed E-state index contributed by atoms with van der Waals surface area (Å²) < 4.78 is 10.8. The zero-order valence-electron chi connectivity index (χ0n) is 14.4. The van der Waals surface area contributed by atoms with E-state index in [1.165, 1.54) is 30.6 Å². The van der Waals surface area contributed by atoms with Crippen LogP contribution < -0.4 is 0 Å². The van der Waals surface area contributed by atoms with Gasteiger partial charge in [0.05, 0.1) is 20.1 Å². The van der Waals surface area contributed by atoms with E-state index in [0.717, 1.165) is 9.94 Å². The molecule has 0 aromatic heterocycles. The van der Waals surface area contributed by atoms with Gasteiger partial charge in [0.15, 0.2) is 6.04 Å². The first-order valence-corrected chi connectivity index (χ1v) is 9.96. The summed E-state index contributed by atoms with van der Waals surface area (Å²) in [6.07, 6.45) is 3.86. The second kappa shape index (κ2) is 11.1. The molecule has 0 saturated heterocycles. The van der Waals surface area contributed by atoms with Crippen LogP contribution in [0.1, 0.15) is 24.8 Å². The molecule has 0 bridgehead atoms. The maximum absolute atomic E-state index is 12.5. The van der Waals surface area contributed by atoms with Crippen LogP contribution in [-0.2, 0) is 19.1 Å². The predicted octanol–water partition coefficient (Wildman–Crippen LogP) is 3.35. The molecule has 0 amide bonds. The molecule has 0 saturated carbocycles. The van der Waals surface area contributed by atoms with Crippen molar-refractivity contribution in [2.45, 2.75) is 25.3 Å². The molecule has 0 N–H and O–H groups in total. The molecule has 0 unspecified atom stereocenters. The molecule has 0 aliphatic heterocycles. The smallest absolute Gasteiger partial charge is 0.331 e. The normalized spacial score (nSPS) is 12.8. The predicted molar refractivity (Wildman–Crippen MR) is 101 cm³/mol. The Bertz CT molecular complexity index is 557. The van der Waals surface area contributed by atoms with Gasteiger partial charge in [-0.15, -0.1) is 23.5 Å². The summed E-state index contributed by atoms with van der Waals surface area (Å²) in [4.78, 5) is 28.9. The van der Waals surface area contributed by atoms with E-state index in [4.69, 9.17) is 9.47 Å². The Balaban J connectivity index is 3.29. The van der Waals surface area contributed by atoms with Crippen LogP contribution in [0.15, 0.2) is 35.3 Å². The van der Waals surface area contributed by atoms with E-state index < -0.39 is 17.9 Å². The molecule has 1 rings (SSSR count). The van der Waals surface area contributed by atoms with Gasteiger partial charge in [-0.3, -0.25) is 9.79 Å². The topological polar surface area (TPSA) is 65.0 Å². The van der Waals surface area contributed by atoms with Gasteiger partial charge in [0.2, 0.25) is 0 Å². The number of hydrogen-bond acceptors (Lipinski definition) is 7. The van der Waals surface area contributed by atoms with Crippen molar-refractivity contribution in [2.75, 3.05) is 26.2 Å². The third-order valence-electron chi connectivity index (χ3n) is 3.34. The second-order valence-corrected chi connectivity index (χ2v) is 6.65. The number of rotatable bonds is 7. The number of aliphatic imine (C=N–C) groups is 1. The molecule has 0 aliphatic rings. The van der Waals surface area contributed by atoms with Crippen LogP contribution in [0.2, 0.25) is 0 Å². The highest BCUT2D eigenvalue weighted by molar-refractivity contribution is 8.38. The summed E-state index contributed by atoms with van der Waals surface area (Å²) in [7, 11) is 1.34. The quantitative estimate of drug-likeness (QED) is 0.417. The number of carbonyl (C=O) groups excluding carboxylic acids is 2. The van der Waals surface area contributed by atoms with Crippen molar-refractivity contribution in [3.63, 3.8) is 0 Å². The molecule has 0 radical (unpaired) electrons. The van der Waals surface area contributed by atoms with Crippen molar-refractivity contribution in [3.05, 3.63) is 35.9 Å². The molecule has 1 aromatic carbocycles. The highest BCUT2D eigenvalue weighted by Crippen LogP contribution is 2.29. The van der Waals surface area contributed by atoms with Gasteiger partial charge in [0, 0.05) is 5.92 Å². The van der Waals surface area contributed by atoms with E-state index in [9.17, 15) is 9.59 Å². The van der Waals surface area contributed by atoms with Gasteiger partial charge in [0.1, 0.15) is 4.38 Å². The lowest BCUT2D eigenvalue weighted by Gasteiger charge is -2.23. The van der Waals surface area contributed by atoms with E-state index in [0.29, 0.717) is 0 Å². The molecule has 1 aromatic rings. The lowest BCUT2D eigenvalue weighted by atomic mass is 9.88. The fourth-order valence-corrected chi connectivity index (χ4v) is 3.32. The molecule has 0 heterocycles. The lowest BCUT2D eigenvalue weighted by Crippen LogP contribution is -2.31. The molecule has 2 atom stereocenters. The van der Waals surface area contributed by atoms with Gasteiger partial charge >= 0.3 is 11.9 Å². The van der Waals surface area contributed by atoms with Crippen LogP contribution >= 0.6 is 23.5 Å². The fraction of sp³-hybridized carbons (Fsp3) is 0.471. The van der Waals surface area contributed by atoms with Crippen LogP contribution in [0.5, 0.6) is 0 Å². The van der Waals surface area contributed by atoms with Crippen molar-refractivity contribution in [1.82, 2.24) is 0 Å². The Morgan fingerprint density at radius 3 is 2.29 bits per heavy atom. The first kappa shape index (κ1) is 20.6. The van der Waals surface area contributed by atoms with Gasteiger partial charge in [-0.2, -0.15) is 0 Å². The first-order valence-electron chi connectivity index (χ1n) is 7.51. The molecule has 0 aliphatic carbocycles. The summed E-state index contributed by atoms with van der Waals surface area (Å²) in [5, 5.41) is 0. The highest BCUT2D eigenvalue weighted by atomic mass is 32.2. The maximum atomic E-state index is 12.5. The minimum Gasteiger partial charge on any atom is -0.469 e. The van der Waals surface area contributed by atoms with E-state index in [-0.39, 0.29) is 19.0 Å². The molecule has 7 heteroatoms. The van der Waals surface area contributed by atoms with Crippen molar-refractivity contribution in [2.24, 2.45) is 4.99 Å². The number of hydrogen-bond donors (Lipinski definition) is 0. The van der Waals surface area contributed by atoms with Crippen LogP contribution in [0.4, 0.5) is 0 Å². The Morgan fingerprint density at radius 2 is 1.79 bits per heavy atom. The van der Waals surface area contributed by atoms with Gasteiger partial charge in [-0.05, 0) is 25.0 Å². The molecule has 0 fully saturated rings.